The Morgan fingerprint density at radius 3 is 2.56 bits per heavy atom. The molecule has 0 radical (unpaired) electrons. The molecule has 1 saturated heterocycles. The lowest BCUT2D eigenvalue weighted by Crippen LogP contribution is -2.42. The molecule has 2 aromatic rings. The summed E-state index contributed by atoms with van der Waals surface area (Å²) in [6.07, 6.45) is 2.56. The highest BCUT2D eigenvalue weighted by molar-refractivity contribution is 8.18. The molecule has 0 N–H and O–H groups in total. The molecule has 0 aliphatic carbocycles. The van der Waals surface area contributed by atoms with Gasteiger partial charge in [0.2, 0.25) is 5.88 Å². The third-order valence-electron chi connectivity index (χ3n) is 4.38. The molecule has 3 rings (SSSR count). The van der Waals surface area contributed by atoms with Gasteiger partial charge in [0.15, 0.2) is 11.5 Å². The molecule has 1 fully saturated rings. The molecule has 1 aliphatic rings. The normalized spacial score (nSPS) is 15.6. The van der Waals surface area contributed by atoms with Gasteiger partial charge in [0, 0.05) is 12.1 Å². The van der Waals surface area contributed by atoms with E-state index in [1.54, 1.807) is 18.2 Å². The lowest BCUT2D eigenvalue weighted by Gasteiger charge is -2.18. The molecule has 11 nitrogen and oxygen atoms in total. The number of esters is 1. The summed E-state index contributed by atoms with van der Waals surface area (Å²) in [5.74, 6) is -0.581. The van der Waals surface area contributed by atoms with Crippen molar-refractivity contribution in [3.8, 4) is 17.4 Å². The Labute approximate surface area is 186 Å². The van der Waals surface area contributed by atoms with Crippen LogP contribution in [0.5, 0.6) is 17.4 Å². The second kappa shape index (κ2) is 9.47. The van der Waals surface area contributed by atoms with Gasteiger partial charge < -0.3 is 14.2 Å². The quantitative estimate of drug-likeness (QED) is 0.262. The molecule has 1 aromatic carbocycles. The molecule has 2 amide bonds. The van der Waals surface area contributed by atoms with E-state index in [1.165, 1.54) is 39.4 Å². The van der Waals surface area contributed by atoms with E-state index in [0.717, 1.165) is 11.1 Å². The molecular formula is C20H17N3O8S. The van der Waals surface area contributed by atoms with E-state index in [0.29, 0.717) is 28.8 Å². The summed E-state index contributed by atoms with van der Waals surface area (Å²) in [6, 6.07) is 6.34. The van der Waals surface area contributed by atoms with Crippen molar-refractivity contribution in [1.29, 1.82) is 0 Å². The van der Waals surface area contributed by atoms with Gasteiger partial charge in [0.05, 0.1) is 24.0 Å². The number of hydrogen-bond acceptors (Lipinski definition) is 10. The third-order valence-corrected chi connectivity index (χ3v) is 5.27. The van der Waals surface area contributed by atoms with Crippen molar-refractivity contribution in [2.45, 2.75) is 13.0 Å². The van der Waals surface area contributed by atoms with Crippen LogP contribution in [0.4, 0.5) is 10.5 Å². The van der Waals surface area contributed by atoms with Gasteiger partial charge in [0.1, 0.15) is 12.2 Å². The van der Waals surface area contributed by atoms with Crippen molar-refractivity contribution >= 4 is 40.6 Å². The van der Waals surface area contributed by atoms with Crippen molar-refractivity contribution in [2.24, 2.45) is 0 Å². The summed E-state index contributed by atoms with van der Waals surface area (Å²) in [6.45, 7) is 1.41. The van der Waals surface area contributed by atoms with E-state index < -0.39 is 28.1 Å². The predicted octanol–water partition coefficient (Wildman–Crippen LogP) is 3.39. The number of nitrogens with zero attached hydrogens (tertiary/aromatic N) is 3. The van der Waals surface area contributed by atoms with E-state index in [-0.39, 0.29) is 16.5 Å². The summed E-state index contributed by atoms with van der Waals surface area (Å²) in [4.78, 5) is 51.6. The maximum atomic E-state index is 12.6. The van der Waals surface area contributed by atoms with Gasteiger partial charge in [-0.15, -0.1) is 0 Å². The Bertz CT molecular complexity index is 1120. The SMILES string of the molecule is COC(=O)C(C)N1C(=O)SC(=Cc2ccc(Oc3ccc([N+](=O)[O-])cn3)c(OC)c2)C1=O. The van der Waals surface area contributed by atoms with Crippen LogP contribution >= 0.6 is 11.8 Å². The summed E-state index contributed by atoms with van der Waals surface area (Å²) < 4.78 is 15.5. The van der Waals surface area contributed by atoms with Crippen LogP contribution in [0.25, 0.3) is 6.08 Å². The largest absolute Gasteiger partial charge is 0.493 e. The number of benzene rings is 1. The smallest absolute Gasteiger partial charge is 0.328 e. The highest BCUT2D eigenvalue weighted by Gasteiger charge is 2.41. The predicted molar refractivity (Wildman–Crippen MR) is 113 cm³/mol. The molecule has 1 atom stereocenters. The maximum Gasteiger partial charge on any atom is 0.328 e. The average Bonchev–Trinajstić information content (AvgIpc) is 3.06. The zero-order valence-electron chi connectivity index (χ0n) is 17.1. The summed E-state index contributed by atoms with van der Waals surface area (Å²) in [7, 11) is 2.59. The van der Waals surface area contributed by atoms with Gasteiger partial charge in [-0.05, 0) is 42.5 Å². The summed E-state index contributed by atoms with van der Waals surface area (Å²) in [5, 5.41) is 10.2. The van der Waals surface area contributed by atoms with E-state index in [2.05, 4.69) is 9.72 Å². The van der Waals surface area contributed by atoms with Gasteiger partial charge >= 0.3 is 5.97 Å². The lowest BCUT2D eigenvalue weighted by molar-refractivity contribution is -0.385. The van der Waals surface area contributed by atoms with Crippen LogP contribution in [0, 0.1) is 10.1 Å². The van der Waals surface area contributed by atoms with Crippen LogP contribution in [0.3, 0.4) is 0 Å². The Hall–Kier alpha value is -3.93. The van der Waals surface area contributed by atoms with E-state index in [1.807, 2.05) is 0 Å². The van der Waals surface area contributed by atoms with E-state index in [4.69, 9.17) is 9.47 Å². The first-order valence-corrected chi connectivity index (χ1v) is 9.88. The maximum absolute atomic E-state index is 12.6. The molecule has 12 heteroatoms. The Balaban J connectivity index is 1.82. The number of pyridine rings is 1. The number of methoxy groups -OCH3 is 2. The molecule has 1 aromatic heterocycles. The molecule has 0 bridgehead atoms. The lowest BCUT2D eigenvalue weighted by atomic mass is 10.1. The highest BCUT2D eigenvalue weighted by atomic mass is 32.2. The Morgan fingerprint density at radius 2 is 1.97 bits per heavy atom. The zero-order chi connectivity index (χ0) is 23.4. The van der Waals surface area contributed by atoms with Crippen molar-refractivity contribution in [2.75, 3.05) is 14.2 Å². The van der Waals surface area contributed by atoms with Gasteiger partial charge in [-0.25, -0.2) is 9.78 Å². The number of imide groups is 1. The molecule has 2 heterocycles. The van der Waals surface area contributed by atoms with Gasteiger partial charge in [-0.1, -0.05) is 6.07 Å². The van der Waals surface area contributed by atoms with Crippen molar-refractivity contribution in [1.82, 2.24) is 9.88 Å². The van der Waals surface area contributed by atoms with Crippen LogP contribution < -0.4 is 9.47 Å². The number of aromatic nitrogens is 1. The minimum Gasteiger partial charge on any atom is -0.493 e. The summed E-state index contributed by atoms with van der Waals surface area (Å²) >= 11 is 0.710. The number of thioether (sulfide) groups is 1. The average molecular weight is 459 g/mol. The number of hydrogen-bond donors (Lipinski definition) is 0. The van der Waals surface area contributed by atoms with Crippen LogP contribution in [-0.2, 0) is 14.3 Å². The van der Waals surface area contributed by atoms with Crippen LogP contribution in [0.15, 0.2) is 41.4 Å². The fourth-order valence-corrected chi connectivity index (χ4v) is 3.66. The minimum atomic E-state index is -1.04. The number of ether oxygens (including phenoxy) is 3. The van der Waals surface area contributed by atoms with E-state index in [9.17, 15) is 24.5 Å². The van der Waals surface area contributed by atoms with Gasteiger partial charge in [-0.2, -0.15) is 0 Å². The molecular weight excluding hydrogens is 442 g/mol. The van der Waals surface area contributed by atoms with E-state index >= 15 is 0 Å². The fourth-order valence-electron chi connectivity index (χ4n) is 2.75. The van der Waals surface area contributed by atoms with Gasteiger partial charge in [0.25, 0.3) is 16.8 Å². The molecule has 32 heavy (non-hydrogen) atoms. The van der Waals surface area contributed by atoms with Crippen molar-refractivity contribution < 1.29 is 33.5 Å². The topological polar surface area (TPSA) is 138 Å². The standard InChI is InChI=1S/C20H17N3O8S/c1-11(19(25)30-3)22-18(24)16(32-20(22)26)9-12-4-6-14(15(8-12)29-2)31-17-7-5-13(10-21-17)23(27)28/h4-11H,1-3H3. The second-order valence-electron chi connectivity index (χ2n) is 6.37. The number of rotatable bonds is 7. The van der Waals surface area contributed by atoms with Crippen molar-refractivity contribution in [3.63, 3.8) is 0 Å². The first-order valence-electron chi connectivity index (χ1n) is 9.06. The Kier molecular flexibility index (Phi) is 6.73. The van der Waals surface area contributed by atoms with Crippen LogP contribution in [0.1, 0.15) is 12.5 Å². The monoisotopic (exact) mass is 459 g/mol. The van der Waals surface area contributed by atoms with Crippen LogP contribution in [0.2, 0.25) is 0 Å². The first kappa shape index (κ1) is 22.7. The number of amides is 2. The minimum absolute atomic E-state index is 0.125. The number of carbonyl (C=O) groups is 3. The van der Waals surface area contributed by atoms with Crippen LogP contribution in [-0.4, -0.2) is 52.2 Å². The first-order chi connectivity index (χ1) is 15.2. The molecule has 166 valence electrons. The molecule has 0 spiro atoms. The molecule has 1 unspecified atom stereocenters. The van der Waals surface area contributed by atoms with Gasteiger partial charge in [-0.3, -0.25) is 24.6 Å². The molecule has 1 aliphatic heterocycles. The zero-order valence-corrected chi connectivity index (χ0v) is 18.0. The second-order valence-corrected chi connectivity index (χ2v) is 7.37. The third kappa shape index (κ3) is 4.70. The fraction of sp³-hybridized carbons (Fsp3) is 0.200. The summed E-state index contributed by atoms with van der Waals surface area (Å²) in [5.41, 5.74) is 0.372. The Morgan fingerprint density at radius 1 is 1.22 bits per heavy atom. The number of carbonyl (C=O) groups excluding carboxylic acids is 3. The van der Waals surface area contributed by atoms with Crippen molar-refractivity contribution in [3.05, 3.63) is 57.1 Å². The molecule has 0 saturated carbocycles. The highest BCUT2D eigenvalue weighted by Crippen LogP contribution is 2.36. The number of nitro groups is 1.